The summed E-state index contributed by atoms with van der Waals surface area (Å²) in [6.45, 7) is 7.07. The third-order valence-corrected chi connectivity index (χ3v) is 2.97. The zero-order chi connectivity index (χ0) is 11.4. The first-order valence-electron chi connectivity index (χ1n) is 6.13. The molecule has 2 unspecified atom stereocenters. The molecule has 1 N–H and O–H groups in total. The molecule has 1 aliphatic rings. The highest BCUT2D eigenvalue weighted by Gasteiger charge is 2.25. The van der Waals surface area contributed by atoms with Gasteiger partial charge in [0.15, 0.2) is 0 Å². The van der Waals surface area contributed by atoms with Gasteiger partial charge in [0, 0.05) is 12.7 Å². The molecule has 2 atom stereocenters. The molecule has 0 saturated carbocycles. The standard InChI is InChI=1S/C12H21N3O/c1-3-13-7-11-4-5-12(16-11)9-15-8-10(2)6-14-15/h6,8,11-13H,3-5,7,9H2,1-2H3. The number of hydrogen-bond donors (Lipinski definition) is 1. The summed E-state index contributed by atoms with van der Waals surface area (Å²) in [6, 6.07) is 0. The lowest BCUT2D eigenvalue weighted by atomic mass is 10.2. The number of likely N-dealkylation sites (N-methyl/N-ethyl adjacent to an activating group) is 1. The molecule has 0 radical (unpaired) electrons. The Bertz CT molecular complexity index is 324. The molecule has 0 amide bonds. The average molecular weight is 223 g/mol. The van der Waals surface area contributed by atoms with Gasteiger partial charge >= 0.3 is 0 Å². The molecule has 1 saturated heterocycles. The Hall–Kier alpha value is -0.870. The number of ether oxygens (including phenoxy) is 1. The van der Waals surface area contributed by atoms with E-state index in [1.54, 1.807) is 0 Å². The summed E-state index contributed by atoms with van der Waals surface area (Å²) in [4.78, 5) is 0. The minimum Gasteiger partial charge on any atom is -0.372 e. The third kappa shape index (κ3) is 3.06. The van der Waals surface area contributed by atoms with E-state index in [-0.39, 0.29) is 0 Å². The molecule has 2 heterocycles. The monoisotopic (exact) mass is 223 g/mol. The zero-order valence-electron chi connectivity index (χ0n) is 10.1. The Kier molecular flexibility index (Phi) is 3.96. The first-order valence-corrected chi connectivity index (χ1v) is 6.13. The third-order valence-electron chi connectivity index (χ3n) is 2.97. The highest BCUT2D eigenvalue weighted by molar-refractivity contribution is 4.99. The molecular weight excluding hydrogens is 202 g/mol. The maximum absolute atomic E-state index is 5.95. The second-order valence-electron chi connectivity index (χ2n) is 4.50. The van der Waals surface area contributed by atoms with Crippen molar-refractivity contribution in [2.75, 3.05) is 13.1 Å². The van der Waals surface area contributed by atoms with Gasteiger partial charge in [0.2, 0.25) is 0 Å². The van der Waals surface area contributed by atoms with Crippen molar-refractivity contribution in [1.29, 1.82) is 0 Å². The van der Waals surface area contributed by atoms with Crippen LogP contribution in [0.1, 0.15) is 25.3 Å². The van der Waals surface area contributed by atoms with Gasteiger partial charge in [0.05, 0.1) is 24.9 Å². The van der Waals surface area contributed by atoms with Crippen molar-refractivity contribution in [3.05, 3.63) is 18.0 Å². The Morgan fingerprint density at radius 2 is 2.31 bits per heavy atom. The van der Waals surface area contributed by atoms with Crippen LogP contribution >= 0.6 is 0 Å². The van der Waals surface area contributed by atoms with Crippen LogP contribution in [-0.2, 0) is 11.3 Å². The number of aromatic nitrogens is 2. The molecule has 1 aromatic heterocycles. The maximum atomic E-state index is 5.95. The molecule has 0 spiro atoms. The van der Waals surface area contributed by atoms with E-state index >= 15 is 0 Å². The predicted molar refractivity (Wildman–Crippen MR) is 63.4 cm³/mol. The summed E-state index contributed by atoms with van der Waals surface area (Å²) in [7, 11) is 0. The van der Waals surface area contributed by atoms with Crippen LogP contribution in [0.4, 0.5) is 0 Å². The normalized spacial score (nSPS) is 25.1. The average Bonchev–Trinajstić information content (AvgIpc) is 2.86. The van der Waals surface area contributed by atoms with Crippen LogP contribution in [-0.4, -0.2) is 35.1 Å². The van der Waals surface area contributed by atoms with Crippen molar-refractivity contribution in [3.63, 3.8) is 0 Å². The van der Waals surface area contributed by atoms with Gasteiger partial charge in [0.25, 0.3) is 0 Å². The van der Waals surface area contributed by atoms with Crippen LogP contribution < -0.4 is 5.32 Å². The number of nitrogens with one attached hydrogen (secondary N) is 1. The summed E-state index contributed by atoms with van der Waals surface area (Å²) in [5, 5.41) is 7.62. The minimum absolute atomic E-state index is 0.336. The molecule has 1 aromatic rings. The maximum Gasteiger partial charge on any atom is 0.0776 e. The van der Waals surface area contributed by atoms with E-state index < -0.39 is 0 Å². The van der Waals surface area contributed by atoms with Gasteiger partial charge in [-0.1, -0.05) is 6.92 Å². The fourth-order valence-corrected chi connectivity index (χ4v) is 2.15. The second-order valence-corrected chi connectivity index (χ2v) is 4.50. The van der Waals surface area contributed by atoms with E-state index in [0.717, 1.165) is 32.5 Å². The predicted octanol–water partition coefficient (Wildman–Crippen LogP) is 1.35. The van der Waals surface area contributed by atoms with Gasteiger partial charge in [-0.15, -0.1) is 0 Å². The van der Waals surface area contributed by atoms with Gasteiger partial charge in [0.1, 0.15) is 0 Å². The molecule has 16 heavy (non-hydrogen) atoms. The first-order chi connectivity index (χ1) is 7.78. The first kappa shape index (κ1) is 11.6. The van der Waals surface area contributed by atoms with Crippen LogP contribution in [0.3, 0.4) is 0 Å². The summed E-state index contributed by atoms with van der Waals surface area (Å²) >= 11 is 0. The van der Waals surface area contributed by atoms with E-state index in [1.807, 2.05) is 10.9 Å². The fourth-order valence-electron chi connectivity index (χ4n) is 2.15. The van der Waals surface area contributed by atoms with Crippen molar-refractivity contribution >= 4 is 0 Å². The summed E-state index contributed by atoms with van der Waals surface area (Å²) in [5.74, 6) is 0. The summed E-state index contributed by atoms with van der Waals surface area (Å²) in [5.41, 5.74) is 1.21. The van der Waals surface area contributed by atoms with Gasteiger partial charge < -0.3 is 10.1 Å². The molecule has 4 nitrogen and oxygen atoms in total. The van der Waals surface area contributed by atoms with Crippen molar-refractivity contribution < 1.29 is 4.74 Å². The lowest BCUT2D eigenvalue weighted by Gasteiger charge is -2.13. The van der Waals surface area contributed by atoms with Crippen LogP contribution in [0.5, 0.6) is 0 Å². The number of hydrogen-bond acceptors (Lipinski definition) is 3. The molecule has 0 aliphatic carbocycles. The lowest BCUT2D eigenvalue weighted by molar-refractivity contribution is 0.0345. The molecule has 1 aliphatic heterocycles. The van der Waals surface area contributed by atoms with Gasteiger partial charge in [-0.25, -0.2) is 0 Å². The Balaban J connectivity index is 1.76. The topological polar surface area (TPSA) is 39.1 Å². The van der Waals surface area contributed by atoms with Crippen molar-refractivity contribution in [1.82, 2.24) is 15.1 Å². The van der Waals surface area contributed by atoms with Crippen LogP contribution in [0, 0.1) is 6.92 Å². The zero-order valence-corrected chi connectivity index (χ0v) is 10.1. The van der Waals surface area contributed by atoms with E-state index in [2.05, 4.69) is 30.5 Å². The summed E-state index contributed by atoms with van der Waals surface area (Å²) in [6.07, 6.45) is 7.00. The molecule has 2 rings (SSSR count). The quantitative estimate of drug-likeness (QED) is 0.819. The van der Waals surface area contributed by atoms with E-state index in [9.17, 15) is 0 Å². The van der Waals surface area contributed by atoms with Crippen molar-refractivity contribution in [3.8, 4) is 0 Å². The molecule has 4 heteroatoms. The van der Waals surface area contributed by atoms with E-state index in [1.165, 1.54) is 5.56 Å². The molecular formula is C12H21N3O. The fraction of sp³-hybridized carbons (Fsp3) is 0.750. The van der Waals surface area contributed by atoms with Crippen molar-refractivity contribution in [2.45, 2.75) is 45.4 Å². The molecule has 1 fully saturated rings. The second kappa shape index (κ2) is 5.46. The van der Waals surface area contributed by atoms with Crippen molar-refractivity contribution in [2.24, 2.45) is 0 Å². The van der Waals surface area contributed by atoms with Gasteiger partial charge in [-0.2, -0.15) is 5.10 Å². The highest BCUT2D eigenvalue weighted by Crippen LogP contribution is 2.20. The lowest BCUT2D eigenvalue weighted by Crippen LogP contribution is -2.27. The highest BCUT2D eigenvalue weighted by atomic mass is 16.5. The smallest absolute Gasteiger partial charge is 0.0776 e. The molecule has 0 aromatic carbocycles. The summed E-state index contributed by atoms with van der Waals surface area (Å²) < 4.78 is 7.94. The van der Waals surface area contributed by atoms with Crippen LogP contribution in [0.2, 0.25) is 0 Å². The Morgan fingerprint density at radius 3 is 3.00 bits per heavy atom. The SMILES string of the molecule is CCNCC1CCC(Cn2cc(C)cn2)O1. The van der Waals surface area contributed by atoms with Gasteiger partial charge in [-0.3, -0.25) is 4.68 Å². The molecule has 0 bridgehead atoms. The number of aryl methyl sites for hydroxylation is 1. The minimum atomic E-state index is 0.336. The van der Waals surface area contributed by atoms with E-state index in [4.69, 9.17) is 4.74 Å². The molecule has 90 valence electrons. The number of rotatable bonds is 5. The largest absolute Gasteiger partial charge is 0.372 e. The number of nitrogens with zero attached hydrogens (tertiary/aromatic N) is 2. The Morgan fingerprint density at radius 1 is 1.50 bits per heavy atom. The van der Waals surface area contributed by atoms with Gasteiger partial charge in [-0.05, 0) is 31.9 Å². The van der Waals surface area contributed by atoms with Crippen LogP contribution in [0.25, 0.3) is 0 Å². The van der Waals surface area contributed by atoms with Crippen LogP contribution in [0.15, 0.2) is 12.4 Å². The Labute approximate surface area is 97.0 Å². The van der Waals surface area contributed by atoms with E-state index in [0.29, 0.717) is 12.2 Å².